The van der Waals surface area contributed by atoms with Gasteiger partial charge in [0.15, 0.2) is 11.6 Å². The second kappa shape index (κ2) is 5.66. The van der Waals surface area contributed by atoms with Crippen LogP contribution in [0.15, 0.2) is 12.1 Å². The Kier molecular flexibility index (Phi) is 3.89. The van der Waals surface area contributed by atoms with Crippen LogP contribution in [-0.4, -0.2) is 37.6 Å². The van der Waals surface area contributed by atoms with Crippen molar-refractivity contribution in [3.05, 3.63) is 29.3 Å². The van der Waals surface area contributed by atoms with Crippen LogP contribution in [0.2, 0.25) is 0 Å². The molecule has 1 aromatic rings. The van der Waals surface area contributed by atoms with Gasteiger partial charge in [-0.25, -0.2) is 8.78 Å². The van der Waals surface area contributed by atoms with Crippen molar-refractivity contribution >= 4 is 5.69 Å². The van der Waals surface area contributed by atoms with Crippen LogP contribution in [-0.2, 0) is 6.54 Å². The summed E-state index contributed by atoms with van der Waals surface area (Å²) in [6.07, 6.45) is 2.70. The number of hydrogen-bond acceptors (Lipinski definition) is 3. The minimum absolute atomic E-state index is 0.0260. The van der Waals surface area contributed by atoms with Crippen molar-refractivity contribution in [1.29, 1.82) is 0 Å². The molecule has 0 aromatic heterocycles. The average Bonchev–Trinajstić information content (AvgIpc) is 3.27. The first-order chi connectivity index (χ1) is 9.69. The van der Waals surface area contributed by atoms with Crippen LogP contribution in [0.3, 0.4) is 0 Å². The first-order valence-corrected chi connectivity index (χ1v) is 7.33. The Bertz CT molecular complexity index is 480. The van der Waals surface area contributed by atoms with Crippen molar-refractivity contribution in [3.63, 3.8) is 0 Å². The molecule has 0 unspecified atom stereocenters. The number of benzene rings is 1. The van der Waals surface area contributed by atoms with E-state index in [9.17, 15) is 8.78 Å². The minimum Gasteiger partial charge on any atom is -0.367 e. The fraction of sp³-hybridized carbons (Fsp3) is 0.600. The van der Waals surface area contributed by atoms with Gasteiger partial charge < -0.3 is 10.6 Å². The third-order valence-electron chi connectivity index (χ3n) is 4.29. The lowest BCUT2D eigenvalue weighted by Crippen LogP contribution is -2.47. The number of nitrogens with two attached hydrogens (primary N) is 1. The van der Waals surface area contributed by atoms with Gasteiger partial charge in [-0.1, -0.05) is 6.07 Å². The van der Waals surface area contributed by atoms with E-state index in [1.165, 1.54) is 12.8 Å². The monoisotopic (exact) mass is 281 g/mol. The molecule has 2 fully saturated rings. The first kappa shape index (κ1) is 13.8. The van der Waals surface area contributed by atoms with E-state index in [1.807, 2.05) is 4.90 Å². The Hall–Kier alpha value is -1.20. The summed E-state index contributed by atoms with van der Waals surface area (Å²) in [6, 6.07) is 3.24. The predicted molar refractivity (Wildman–Crippen MR) is 75.6 cm³/mol. The van der Waals surface area contributed by atoms with Gasteiger partial charge in [-0.2, -0.15) is 0 Å². The van der Waals surface area contributed by atoms with E-state index in [0.29, 0.717) is 5.69 Å². The summed E-state index contributed by atoms with van der Waals surface area (Å²) >= 11 is 0. The quantitative estimate of drug-likeness (QED) is 0.915. The summed E-state index contributed by atoms with van der Waals surface area (Å²) in [5.74, 6) is -0.687. The van der Waals surface area contributed by atoms with Crippen molar-refractivity contribution < 1.29 is 8.78 Å². The molecule has 3 nitrogen and oxygen atoms in total. The van der Waals surface area contributed by atoms with E-state index in [4.69, 9.17) is 5.73 Å². The molecule has 2 N–H and O–H groups in total. The zero-order valence-electron chi connectivity index (χ0n) is 11.6. The molecule has 0 radical (unpaired) electrons. The van der Waals surface area contributed by atoms with E-state index in [1.54, 1.807) is 12.1 Å². The van der Waals surface area contributed by atoms with Crippen molar-refractivity contribution in [2.24, 2.45) is 11.7 Å². The van der Waals surface area contributed by atoms with E-state index in [-0.39, 0.29) is 12.1 Å². The van der Waals surface area contributed by atoms with Crippen LogP contribution in [0, 0.1) is 17.6 Å². The Morgan fingerprint density at radius 2 is 1.75 bits per heavy atom. The molecule has 20 heavy (non-hydrogen) atoms. The van der Waals surface area contributed by atoms with Crippen LogP contribution in [0.5, 0.6) is 0 Å². The second-order valence-corrected chi connectivity index (χ2v) is 5.81. The molecular formula is C15H21F2N3. The molecule has 0 spiro atoms. The van der Waals surface area contributed by atoms with Gasteiger partial charge in [-0.05, 0) is 24.8 Å². The van der Waals surface area contributed by atoms with Gasteiger partial charge >= 0.3 is 0 Å². The van der Waals surface area contributed by atoms with Crippen molar-refractivity contribution in [1.82, 2.24) is 4.90 Å². The fourth-order valence-electron chi connectivity index (χ4n) is 2.82. The number of hydrogen-bond donors (Lipinski definition) is 1. The lowest BCUT2D eigenvalue weighted by Gasteiger charge is -2.36. The van der Waals surface area contributed by atoms with Gasteiger partial charge in [-0.3, -0.25) is 4.90 Å². The highest BCUT2D eigenvalue weighted by atomic mass is 19.2. The lowest BCUT2D eigenvalue weighted by molar-refractivity contribution is 0.247. The van der Waals surface area contributed by atoms with Crippen molar-refractivity contribution in [2.45, 2.75) is 19.4 Å². The topological polar surface area (TPSA) is 32.5 Å². The summed E-state index contributed by atoms with van der Waals surface area (Å²) in [4.78, 5) is 4.36. The summed E-state index contributed by atoms with van der Waals surface area (Å²) in [7, 11) is 0. The second-order valence-electron chi connectivity index (χ2n) is 5.81. The average molecular weight is 281 g/mol. The number of halogens is 2. The number of nitrogens with zero attached hydrogens (tertiary/aromatic N) is 2. The maximum absolute atomic E-state index is 14.1. The normalized spacial score (nSPS) is 20.4. The van der Waals surface area contributed by atoms with Crippen LogP contribution in [0.4, 0.5) is 14.5 Å². The van der Waals surface area contributed by atoms with Crippen LogP contribution in [0.25, 0.3) is 0 Å². The Balaban J connectivity index is 1.66. The molecule has 0 amide bonds. The molecule has 2 aliphatic rings. The predicted octanol–water partition coefficient (Wildman–Crippen LogP) is 1.96. The smallest absolute Gasteiger partial charge is 0.182 e. The van der Waals surface area contributed by atoms with E-state index >= 15 is 0 Å². The highest BCUT2D eigenvalue weighted by molar-refractivity contribution is 5.50. The molecule has 1 aliphatic heterocycles. The molecule has 3 rings (SSSR count). The van der Waals surface area contributed by atoms with Gasteiger partial charge in [-0.15, -0.1) is 0 Å². The Morgan fingerprint density at radius 3 is 2.35 bits per heavy atom. The zero-order chi connectivity index (χ0) is 14.1. The molecular weight excluding hydrogens is 260 g/mol. The maximum atomic E-state index is 14.1. The Morgan fingerprint density at radius 1 is 1.05 bits per heavy atom. The lowest BCUT2D eigenvalue weighted by atomic mass is 10.1. The van der Waals surface area contributed by atoms with Gasteiger partial charge in [0.25, 0.3) is 0 Å². The van der Waals surface area contributed by atoms with Crippen molar-refractivity contribution in [3.8, 4) is 0 Å². The van der Waals surface area contributed by atoms with E-state index < -0.39 is 11.6 Å². The molecule has 0 atom stereocenters. The number of rotatable bonds is 4. The van der Waals surface area contributed by atoms with Crippen LogP contribution in [0.1, 0.15) is 18.4 Å². The number of anilines is 1. The minimum atomic E-state index is -0.801. The third-order valence-corrected chi connectivity index (χ3v) is 4.29. The summed E-state index contributed by atoms with van der Waals surface area (Å²) in [5, 5.41) is 0. The van der Waals surface area contributed by atoms with Gasteiger partial charge in [0.05, 0.1) is 5.69 Å². The van der Waals surface area contributed by atoms with Crippen LogP contribution >= 0.6 is 0 Å². The standard InChI is InChI=1S/C15H21F2N3/c16-14-12(9-18)3-4-13(15(14)17)20-7-5-19(6-8-20)10-11-1-2-11/h3-4,11H,1-2,5-10,18H2. The highest BCUT2D eigenvalue weighted by Gasteiger charge is 2.27. The Labute approximate surface area is 118 Å². The third kappa shape index (κ3) is 2.79. The highest BCUT2D eigenvalue weighted by Crippen LogP contribution is 2.30. The maximum Gasteiger partial charge on any atom is 0.182 e. The van der Waals surface area contributed by atoms with E-state index in [2.05, 4.69) is 4.90 Å². The number of piperazine rings is 1. The largest absolute Gasteiger partial charge is 0.367 e. The summed E-state index contributed by atoms with van der Waals surface area (Å²) < 4.78 is 27.8. The fourth-order valence-corrected chi connectivity index (χ4v) is 2.82. The van der Waals surface area contributed by atoms with Crippen molar-refractivity contribution in [2.75, 3.05) is 37.6 Å². The molecule has 110 valence electrons. The first-order valence-electron chi connectivity index (χ1n) is 7.33. The molecule has 0 bridgehead atoms. The molecule has 1 saturated heterocycles. The SMILES string of the molecule is NCc1ccc(N2CCN(CC3CC3)CC2)c(F)c1F. The molecule has 5 heteroatoms. The van der Waals surface area contributed by atoms with Gasteiger partial charge in [0.1, 0.15) is 0 Å². The molecule has 1 aromatic carbocycles. The molecule has 1 saturated carbocycles. The van der Waals surface area contributed by atoms with Gasteiger partial charge in [0, 0.05) is 44.8 Å². The summed E-state index contributed by atoms with van der Waals surface area (Å²) in [5.41, 5.74) is 5.99. The van der Waals surface area contributed by atoms with E-state index in [0.717, 1.165) is 38.6 Å². The van der Waals surface area contributed by atoms with Gasteiger partial charge in [0.2, 0.25) is 0 Å². The zero-order valence-corrected chi connectivity index (χ0v) is 11.6. The van der Waals surface area contributed by atoms with Crippen LogP contribution < -0.4 is 10.6 Å². The molecule has 1 heterocycles. The summed E-state index contributed by atoms with van der Waals surface area (Å²) in [6.45, 7) is 4.55. The molecule has 1 aliphatic carbocycles.